The highest BCUT2D eigenvalue weighted by molar-refractivity contribution is 8.00. The summed E-state index contributed by atoms with van der Waals surface area (Å²) in [5.41, 5.74) is 6.93. The number of nitriles is 3. The van der Waals surface area contributed by atoms with Crippen molar-refractivity contribution in [2.75, 3.05) is 10.6 Å². The number of nitrogen functional groups attached to an aromatic ring is 1. The summed E-state index contributed by atoms with van der Waals surface area (Å²) >= 11 is 0.936. The second-order valence-electron chi connectivity index (χ2n) is 6.66. The number of rotatable bonds is 4. The molecule has 3 aromatic rings. The molecule has 0 radical (unpaired) electrons. The monoisotopic (exact) mass is 440 g/mol. The third-order valence-electron chi connectivity index (χ3n) is 4.80. The van der Waals surface area contributed by atoms with Crippen molar-refractivity contribution in [2.24, 2.45) is 0 Å². The summed E-state index contributed by atoms with van der Waals surface area (Å²) in [6.07, 6.45) is 1.29. The fourth-order valence-corrected chi connectivity index (χ4v) is 4.46. The summed E-state index contributed by atoms with van der Waals surface area (Å²) in [5, 5.41) is 27.5. The number of pyridine rings is 1. The van der Waals surface area contributed by atoms with Gasteiger partial charge in [0, 0.05) is 6.42 Å². The van der Waals surface area contributed by atoms with E-state index in [-0.39, 0.29) is 39.7 Å². The van der Waals surface area contributed by atoms with Crippen LogP contribution in [0, 0.1) is 34.0 Å². The molecule has 0 aliphatic carbocycles. The van der Waals surface area contributed by atoms with E-state index in [1.165, 1.54) is 30.5 Å². The SMILES string of the molecule is N#Cc1ccc(N2C(=O)CC(Sc3nc(N)c(C#N)c(-c4ccco4)c3C#N)C2=O)cc1. The lowest BCUT2D eigenvalue weighted by Gasteiger charge is -2.16. The summed E-state index contributed by atoms with van der Waals surface area (Å²) < 4.78 is 5.37. The van der Waals surface area contributed by atoms with Gasteiger partial charge in [0.1, 0.15) is 34.3 Å². The van der Waals surface area contributed by atoms with E-state index in [9.17, 15) is 20.1 Å². The molecule has 32 heavy (non-hydrogen) atoms. The van der Waals surface area contributed by atoms with Crippen molar-refractivity contribution in [2.45, 2.75) is 16.7 Å². The van der Waals surface area contributed by atoms with Crippen molar-refractivity contribution in [3.8, 4) is 29.5 Å². The van der Waals surface area contributed by atoms with E-state index >= 15 is 0 Å². The van der Waals surface area contributed by atoms with Crippen molar-refractivity contribution in [1.29, 1.82) is 15.8 Å². The Morgan fingerprint density at radius 2 is 1.78 bits per heavy atom. The highest BCUT2D eigenvalue weighted by Crippen LogP contribution is 2.40. The molecule has 0 spiro atoms. The minimum absolute atomic E-state index is 0.00566. The number of anilines is 2. The van der Waals surface area contributed by atoms with Crippen LogP contribution in [0.2, 0.25) is 0 Å². The molecular formula is C22H12N6O3S. The predicted molar refractivity (Wildman–Crippen MR) is 114 cm³/mol. The van der Waals surface area contributed by atoms with Crippen LogP contribution >= 0.6 is 11.8 Å². The maximum absolute atomic E-state index is 13.0. The van der Waals surface area contributed by atoms with Crippen LogP contribution in [0.1, 0.15) is 23.1 Å². The molecule has 4 rings (SSSR count). The molecule has 2 aromatic heterocycles. The van der Waals surface area contributed by atoms with Crippen LogP contribution in [-0.2, 0) is 9.59 Å². The normalized spacial score (nSPS) is 15.3. The van der Waals surface area contributed by atoms with Crippen LogP contribution in [0.3, 0.4) is 0 Å². The Labute approximate surface area is 186 Å². The van der Waals surface area contributed by atoms with E-state index in [2.05, 4.69) is 4.98 Å². The Morgan fingerprint density at radius 1 is 1.06 bits per heavy atom. The van der Waals surface area contributed by atoms with Gasteiger partial charge < -0.3 is 10.2 Å². The number of hydrogen-bond donors (Lipinski definition) is 1. The van der Waals surface area contributed by atoms with E-state index in [0.717, 1.165) is 16.7 Å². The number of nitrogens with zero attached hydrogens (tertiary/aromatic N) is 5. The van der Waals surface area contributed by atoms with Crippen LogP contribution in [0.25, 0.3) is 11.3 Å². The molecule has 1 atom stereocenters. The lowest BCUT2D eigenvalue weighted by atomic mass is 10.0. The summed E-state index contributed by atoms with van der Waals surface area (Å²) in [4.78, 5) is 30.8. The van der Waals surface area contributed by atoms with Crippen LogP contribution < -0.4 is 10.6 Å². The Morgan fingerprint density at radius 3 is 2.38 bits per heavy atom. The largest absolute Gasteiger partial charge is 0.464 e. The maximum Gasteiger partial charge on any atom is 0.247 e. The standard InChI is InChI=1S/C22H12N6O3S/c23-9-12-3-5-13(6-4-12)28-18(29)8-17(22(28)30)32-21-15(11-25)19(16-2-1-7-31-16)14(10-24)20(26)27-21/h1-7,17H,8H2,(H2,26,27). The first-order chi connectivity index (χ1) is 15.5. The molecule has 10 heteroatoms. The second kappa shape index (κ2) is 8.27. The highest BCUT2D eigenvalue weighted by Gasteiger charge is 2.41. The Hall–Kier alpha value is -4.59. The first-order valence-corrected chi connectivity index (χ1v) is 10.1. The Balaban J connectivity index is 1.71. The van der Waals surface area contributed by atoms with Crippen molar-refractivity contribution >= 4 is 35.1 Å². The molecule has 1 saturated heterocycles. The Kier molecular flexibility index (Phi) is 5.34. The molecule has 3 heterocycles. The van der Waals surface area contributed by atoms with Gasteiger partial charge in [0.2, 0.25) is 11.8 Å². The van der Waals surface area contributed by atoms with Crippen molar-refractivity contribution < 1.29 is 14.0 Å². The fourth-order valence-electron chi connectivity index (χ4n) is 3.34. The van der Waals surface area contributed by atoms with E-state index in [1.54, 1.807) is 12.1 Å². The van der Waals surface area contributed by atoms with Gasteiger partial charge in [-0.05, 0) is 36.4 Å². The molecule has 154 valence electrons. The topological polar surface area (TPSA) is 161 Å². The van der Waals surface area contributed by atoms with Gasteiger partial charge in [-0.15, -0.1) is 0 Å². The second-order valence-corrected chi connectivity index (χ2v) is 7.86. The predicted octanol–water partition coefficient (Wildman–Crippen LogP) is 2.96. The van der Waals surface area contributed by atoms with Crippen LogP contribution in [0.4, 0.5) is 11.5 Å². The maximum atomic E-state index is 13.0. The van der Waals surface area contributed by atoms with E-state index in [1.807, 2.05) is 18.2 Å². The molecule has 1 aliphatic heterocycles. The molecule has 2 amide bonds. The fraction of sp³-hybridized carbons (Fsp3) is 0.0909. The number of amides is 2. The van der Waals surface area contributed by atoms with E-state index < -0.39 is 17.1 Å². The van der Waals surface area contributed by atoms with Crippen molar-refractivity contribution in [3.63, 3.8) is 0 Å². The smallest absolute Gasteiger partial charge is 0.247 e. The zero-order valence-corrected chi connectivity index (χ0v) is 17.1. The van der Waals surface area contributed by atoms with Gasteiger partial charge in [-0.1, -0.05) is 11.8 Å². The lowest BCUT2D eigenvalue weighted by Crippen LogP contribution is -2.31. The molecule has 9 nitrogen and oxygen atoms in total. The number of carbonyl (C=O) groups is 2. The molecular weight excluding hydrogens is 428 g/mol. The zero-order valence-electron chi connectivity index (χ0n) is 16.3. The van der Waals surface area contributed by atoms with Gasteiger partial charge in [0.05, 0.1) is 40.0 Å². The lowest BCUT2D eigenvalue weighted by molar-refractivity contribution is -0.121. The summed E-state index contributed by atoms with van der Waals surface area (Å²) in [6, 6.07) is 15.2. The summed E-state index contributed by atoms with van der Waals surface area (Å²) in [5.74, 6) is -0.732. The number of thioether (sulfide) groups is 1. The van der Waals surface area contributed by atoms with E-state index in [0.29, 0.717) is 11.3 Å². The Bertz CT molecular complexity index is 1360. The van der Waals surface area contributed by atoms with Gasteiger partial charge in [0.15, 0.2) is 0 Å². The summed E-state index contributed by atoms with van der Waals surface area (Å²) in [7, 11) is 0. The molecule has 1 aromatic carbocycles. The first-order valence-electron chi connectivity index (χ1n) is 9.19. The number of imide groups is 1. The molecule has 2 N–H and O–H groups in total. The van der Waals surface area contributed by atoms with Gasteiger partial charge in [-0.2, -0.15) is 15.8 Å². The van der Waals surface area contributed by atoms with Crippen molar-refractivity contribution in [3.05, 3.63) is 59.4 Å². The summed E-state index contributed by atoms with van der Waals surface area (Å²) in [6.45, 7) is 0. The van der Waals surface area contributed by atoms with Gasteiger partial charge in [0.25, 0.3) is 0 Å². The number of benzene rings is 1. The minimum Gasteiger partial charge on any atom is -0.464 e. The molecule has 1 fully saturated rings. The first kappa shape index (κ1) is 20.7. The third-order valence-corrected chi connectivity index (χ3v) is 5.97. The van der Waals surface area contributed by atoms with E-state index in [4.69, 9.17) is 15.4 Å². The quantitative estimate of drug-likeness (QED) is 0.601. The van der Waals surface area contributed by atoms with Gasteiger partial charge in [-0.3, -0.25) is 9.59 Å². The average Bonchev–Trinajstić information content (AvgIpc) is 3.42. The number of aromatic nitrogens is 1. The number of hydrogen-bond acceptors (Lipinski definition) is 9. The zero-order chi connectivity index (χ0) is 22.8. The third kappa shape index (κ3) is 3.43. The number of furan rings is 1. The average molecular weight is 440 g/mol. The van der Waals surface area contributed by atoms with Gasteiger partial charge >= 0.3 is 0 Å². The molecule has 1 aliphatic rings. The number of nitrogens with two attached hydrogens (primary N) is 1. The van der Waals surface area contributed by atoms with Crippen LogP contribution in [0.15, 0.2) is 52.1 Å². The van der Waals surface area contributed by atoms with Gasteiger partial charge in [-0.25, -0.2) is 9.88 Å². The number of carbonyl (C=O) groups excluding carboxylic acids is 2. The molecule has 1 unspecified atom stereocenters. The van der Waals surface area contributed by atoms with Crippen LogP contribution in [0.5, 0.6) is 0 Å². The molecule has 0 bridgehead atoms. The highest BCUT2D eigenvalue weighted by atomic mass is 32.2. The minimum atomic E-state index is -0.838. The molecule has 0 saturated carbocycles. The van der Waals surface area contributed by atoms with Crippen LogP contribution in [-0.4, -0.2) is 22.0 Å². The van der Waals surface area contributed by atoms with Crippen molar-refractivity contribution in [1.82, 2.24) is 4.98 Å².